The Bertz CT molecular complexity index is 139. The summed E-state index contributed by atoms with van der Waals surface area (Å²) >= 11 is 0. The van der Waals surface area contributed by atoms with Crippen LogP contribution < -0.4 is 16.0 Å². The maximum atomic E-state index is 10.8. The zero-order valence-electron chi connectivity index (χ0n) is 7.22. The number of amides is 2. The van der Waals surface area contributed by atoms with E-state index in [0.717, 1.165) is 6.42 Å². The second-order valence-corrected chi connectivity index (χ2v) is 2.31. The average Bonchev–Trinajstić information content (AvgIpc) is 2.05. The van der Waals surface area contributed by atoms with E-state index in [1.807, 2.05) is 0 Å². The first-order chi connectivity index (χ1) is 5.81. The van der Waals surface area contributed by atoms with Crippen LogP contribution in [0, 0.1) is 0 Å². The highest BCUT2D eigenvalue weighted by molar-refractivity contribution is 5.77. The fraction of sp³-hybridized carbons (Fsp3) is 0.714. The van der Waals surface area contributed by atoms with Gasteiger partial charge in [0.2, 0.25) is 12.3 Å². The van der Waals surface area contributed by atoms with Crippen LogP contribution in [0.1, 0.15) is 6.42 Å². The second-order valence-electron chi connectivity index (χ2n) is 2.31. The fourth-order valence-corrected chi connectivity index (χ4v) is 0.700. The van der Waals surface area contributed by atoms with Crippen LogP contribution in [0.15, 0.2) is 0 Å². The standard InChI is InChI=1S/C7H15N3O2/c1-8-5-7(12)10-4-2-3-9-6-11/h6,8H,2-5H2,1H3,(H,9,11)(H,10,12). The SMILES string of the molecule is CNCC(=O)NCCCNC=O. The molecular formula is C7H15N3O2. The van der Waals surface area contributed by atoms with Crippen molar-refractivity contribution in [1.82, 2.24) is 16.0 Å². The van der Waals surface area contributed by atoms with Crippen molar-refractivity contribution in [3.63, 3.8) is 0 Å². The molecule has 5 nitrogen and oxygen atoms in total. The van der Waals surface area contributed by atoms with E-state index in [0.29, 0.717) is 26.0 Å². The Morgan fingerprint density at radius 1 is 1.42 bits per heavy atom. The zero-order valence-corrected chi connectivity index (χ0v) is 7.22. The zero-order chi connectivity index (χ0) is 9.23. The third-order valence-corrected chi connectivity index (χ3v) is 1.24. The first-order valence-corrected chi connectivity index (χ1v) is 3.89. The third-order valence-electron chi connectivity index (χ3n) is 1.24. The van der Waals surface area contributed by atoms with E-state index in [1.54, 1.807) is 7.05 Å². The summed E-state index contributed by atoms with van der Waals surface area (Å²) in [6.07, 6.45) is 1.41. The number of hydrogen-bond acceptors (Lipinski definition) is 3. The van der Waals surface area contributed by atoms with Crippen LogP contribution in [-0.4, -0.2) is 39.0 Å². The third kappa shape index (κ3) is 7.01. The molecule has 12 heavy (non-hydrogen) atoms. The highest BCUT2D eigenvalue weighted by atomic mass is 16.2. The van der Waals surface area contributed by atoms with Crippen LogP contribution in [0.5, 0.6) is 0 Å². The normalized spacial score (nSPS) is 9.08. The van der Waals surface area contributed by atoms with Crippen molar-refractivity contribution in [2.75, 3.05) is 26.7 Å². The van der Waals surface area contributed by atoms with Gasteiger partial charge in [0.15, 0.2) is 0 Å². The van der Waals surface area contributed by atoms with Gasteiger partial charge >= 0.3 is 0 Å². The summed E-state index contributed by atoms with van der Waals surface area (Å²) in [6.45, 7) is 1.53. The summed E-state index contributed by atoms with van der Waals surface area (Å²) in [5, 5.41) is 7.93. The predicted molar refractivity (Wildman–Crippen MR) is 45.6 cm³/mol. The van der Waals surface area contributed by atoms with Crippen LogP contribution in [0.4, 0.5) is 0 Å². The van der Waals surface area contributed by atoms with Gasteiger partial charge in [-0.1, -0.05) is 0 Å². The van der Waals surface area contributed by atoms with Gasteiger partial charge in [-0.05, 0) is 13.5 Å². The van der Waals surface area contributed by atoms with Crippen LogP contribution in [0.25, 0.3) is 0 Å². The summed E-state index contributed by atoms with van der Waals surface area (Å²) in [6, 6.07) is 0. The Kier molecular flexibility index (Phi) is 7.27. The quantitative estimate of drug-likeness (QED) is 0.323. The highest BCUT2D eigenvalue weighted by Gasteiger charge is 1.95. The fourth-order valence-electron chi connectivity index (χ4n) is 0.700. The molecule has 0 unspecified atom stereocenters. The van der Waals surface area contributed by atoms with Crippen molar-refractivity contribution < 1.29 is 9.59 Å². The van der Waals surface area contributed by atoms with E-state index in [4.69, 9.17) is 0 Å². The van der Waals surface area contributed by atoms with Gasteiger partial charge in [0.1, 0.15) is 0 Å². The number of likely N-dealkylation sites (N-methyl/N-ethyl adjacent to an activating group) is 1. The minimum absolute atomic E-state index is 0.0244. The molecule has 0 atom stereocenters. The van der Waals surface area contributed by atoms with Gasteiger partial charge in [-0.3, -0.25) is 9.59 Å². The van der Waals surface area contributed by atoms with E-state index < -0.39 is 0 Å². The molecule has 0 aromatic rings. The first-order valence-electron chi connectivity index (χ1n) is 3.89. The van der Waals surface area contributed by atoms with E-state index in [2.05, 4.69) is 16.0 Å². The summed E-state index contributed by atoms with van der Waals surface area (Å²) < 4.78 is 0. The lowest BCUT2D eigenvalue weighted by Crippen LogP contribution is -2.33. The van der Waals surface area contributed by atoms with E-state index in [-0.39, 0.29) is 5.91 Å². The molecule has 0 bridgehead atoms. The van der Waals surface area contributed by atoms with Gasteiger partial charge in [-0.25, -0.2) is 0 Å². The van der Waals surface area contributed by atoms with E-state index in [1.165, 1.54) is 0 Å². The smallest absolute Gasteiger partial charge is 0.233 e. The molecule has 0 fully saturated rings. The van der Waals surface area contributed by atoms with Crippen LogP contribution in [-0.2, 0) is 9.59 Å². The van der Waals surface area contributed by atoms with Gasteiger partial charge in [-0.15, -0.1) is 0 Å². The molecule has 0 radical (unpaired) electrons. The Morgan fingerprint density at radius 2 is 2.17 bits per heavy atom. The lowest BCUT2D eigenvalue weighted by Gasteiger charge is -2.03. The number of hydrogen-bond donors (Lipinski definition) is 3. The first kappa shape index (κ1) is 10.9. The van der Waals surface area contributed by atoms with Crippen molar-refractivity contribution in [2.45, 2.75) is 6.42 Å². The van der Waals surface area contributed by atoms with Crippen molar-refractivity contribution in [2.24, 2.45) is 0 Å². The molecule has 3 N–H and O–H groups in total. The molecule has 0 aromatic heterocycles. The molecule has 2 amide bonds. The Morgan fingerprint density at radius 3 is 2.75 bits per heavy atom. The highest BCUT2D eigenvalue weighted by Crippen LogP contribution is 1.71. The van der Waals surface area contributed by atoms with Crippen molar-refractivity contribution in [3.8, 4) is 0 Å². The maximum absolute atomic E-state index is 10.8. The molecule has 0 saturated carbocycles. The van der Waals surface area contributed by atoms with Crippen LogP contribution in [0.2, 0.25) is 0 Å². The van der Waals surface area contributed by atoms with Crippen molar-refractivity contribution >= 4 is 12.3 Å². The Balaban J connectivity index is 3.08. The number of rotatable bonds is 7. The second kappa shape index (κ2) is 8.00. The summed E-state index contributed by atoms with van der Waals surface area (Å²) in [4.78, 5) is 20.6. The van der Waals surface area contributed by atoms with Gasteiger partial charge in [-0.2, -0.15) is 0 Å². The largest absolute Gasteiger partial charge is 0.359 e. The number of carbonyl (C=O) groups excluding carboxylic acids is 2. The summed E-state index contributed by atoms with van der Waals surface area (Å²) in [5.41, 5.74) is 0. The molecule has 0 spiro atoms. The summed E-state index contributed by atoms with van der Waals surface area (Å²) in [7, 11) is 1.72. The minimum atomic E-state index is -0.0244. The molecule has 0 saturated heterocycles. The van der Waals surface area contributed by atoms with E-state index >= 15 is 0 Å². The minimum Gasteiger partial charge on any atom is -0.359 e. The number of nitrogens with one attached hydrogen (secondary N) is 3. The van der Waals surface area contributed by atoms with Gasteiger partial charge in [0.25, 0.3) is 0 Å². The Labute approximate surface area is 71.9 Å². The van der Waals surface area contributed by atoms with Crippen LogP contribution >= 0.6 is 0 Å². The monoisotopic (exact) mass is 173 g/mol. The average molecular weight is 173 g/mol. The maximum Gasteiger partial charge on any atom is 0.233 e. The number of carbonyl (C=O) groups is 2. The molecular weight excluding hydrogens is 158 g/mol. The molecule has 0 aliphatic heterocycles. The Hall–Kier alpha value is -1.10. The van der Waals surface area contributed by atoms with Crippen LogP contribution in [0.3, 0.4) is 0 Å². The van der Waals surface area contributed by atoms with E-state index in [9.17, 15) is 9.59 Å². The molecule has 70 valence electrons. The molecule has 5 heteroatoms. The molecule has 0 aliphatic carbocycles. The molecule has 0 rings (SSSR count). The predicted octanol–water partition coefficient (Wildman–Crippen LogP) is -1.54. The van der Waals surface area contributed by atoms with Crippen molar-refractivity contribution in [1.29, 1.82) is 0 Å². The molecule has 0 heterocycles. The lowest BCUT2D eigenvalue weighted by molar-refractivity contribution is -0.120. The molecule has 0 aromatic carbocycles. The van der Waals surface area contributed by atoms with Crippen molar-refractivity contribution in [3.05, 3.63) is 0 Å². The van der Waals surface area contributed by atoms with Gasteiger partial charge in [0.05, 0.1) is 6.54 Å². The lowest BCUT2D eigenvalue weighted by atomic mass is 10.4. The molecule has 0 aliphatic rings. The topological polar surface area (TPSA) is 70.2 Å². The summed E-state index contributed by atoms with van der Waals surface area (Å²) in [5.74, 6) is -0.0244. The van der Waals surface area contributed by atoms with Gasteiger partial charge in [0, 0.05) is 13.1 Å². The van der Waals surface area contributed by atoms with Gasteiger partial charge < -0.3 is 16.0 Å².